The first-order chi connectivity index (χ1) is 19.0. The van der Waals surface area contributed by atoms with Crippen molar-refractivity contribution in [3.63, 3.8) is 0 Å². The largest absolute Gasteiger partial charge is 0.507 e. The number of aliphatic hydroxyl groups is 1. The Balaban J connectivity index is 1.57. The van der Waals surface area contributed by atoms with Crippen LogP contribution in [0.2, 0.25) is 0 Å². The number of para-hydroxylation sites is 1. The van der Waals surface area contributed by atoms with Crippen LogP contribution in [0.4, 0.5) is 0 Å². The number of carbonyl (C=O) groups is 2. The molecule has 4 aromatic rings. The molecule has 0 radical (unpaired) electrons. The van der Waals surface area contributed by atoms with E-state index in [0.717, 1.165) is 5.56 Å². The van der Waals surface area contributed by atoms with Crippen LogP contribution in [-0.2, 0) is 16.0 Å². The molecular weight excluding hydrogens is 490 g/mol. The van der Waals surface area contributed by atoms with Crippen LogP contribution in [-0.4, -0.2) is 34.8 Å². The van der Waals surface area contributed by atoms with Crippen LogP contribution < -0.4 is 9.47 Å². The zero-order valence-corrected chi connectivity index (χ0v) is 21.6. The first-order valence-corrected chi connectivity index (χ1v) is 12.9. The molecule has 1 aliphatic heterocycles. The molecule has 196 valence electrons. The highest BCUT2D eigenvalue weighted by Crippen LogP contribution is 2.41. The minimum atomic E-state index is -0.788. The second-order valence-electron chi connectivity index (χ2n) is 9.18. The van der Waals surface area contributed by atoms with Gasteiger partial charge in [0.05, 0.1) is 18.2 Å². The van der Waals surface area contributed by atoms with Crippen LogP contribution in [0.3, 0.4) is 0 Å². The van der Waals surface area contributed by atoms with Crippen LogP contribution in [0.15, 0.2) is 115 Å². The lowest BCUT2D eigenvalue weighted by atomic mass is 9.95. The number of ketones is 1. The molecule has 1 saturated heterocycles. The molecule has 6 heteroatoms. The van der Waals surface area contributed by atoms with E-state index in [0.29, 0.717) is 47.9 Å². The van der Waals surface area contributed by atoms with Gasteiger partial charge in [0, 0.05) is 12.1 Å². The van der Waals surface area contributed by atoms with E-state index in [2.05, 4.69) is 0 Å². The van der Waals surface area contributed by atoms with Gasteiger partial charge < -0.3 is 19.5 Å². The maximum atomic E-state index is 13.4. The number of aliphatic hydroxyl groups excluding tert-OH is 1. The van der Waals surface area contributed by atoms with Gasteiger partial charge >= 0.3 is 0 Å². The highest BCUT2D eigenvalue weighted by atomic mass is 16.5. The molecule has 4 aromatic carbocycles. The summed E-state index contributed by atoms with van der Waals surface area (Å²) in [4.78, 5) is 28.4. The van der Waals surface area contributed by atoms with E-state index in [1.807, 2.05) is 91.9 Å². The topological polar surface area (TPSA) is 76.1 Å². The fraction of sp³-hybridized carbons (Fsp3) is 0.152. The molecule has 0 spiro atoms. The third-order valence-electron chi connectivity index (χ3n) is 6.60. The van der Waals surface area contributed by atoms with Crippen molar-refractivity contribution < 1.29 is 24.2 Å². The molecule has 1 heterocycles. The minimum Gasteiger partial charge on any atom is -0.507 e. The molecule has 0 aromatic heterocycles. The average molecular weight is 520 g/mol. The minimum absolute atomic E-state index is 0.0403. The van der Waals surface area contributed by atoms with Gasteiger partial charge in [-0.15, -0.1) is 0 Å². The molecule has 1 unspecified atom stereocenters. The maximum Gasteiger partial charge on any atom is 0.295 e. The Morgan fingerprint density at radius 2 is 1.46 bits per heavy atom. The quantitative estimate of drug-likeness (QED) is 0.154. The van der Waals surface area contributed by atoms with Gasteiger partial charge in [-0.1, -0.05) is 72.8 Å². The van der Waals surface area contributed by atoms with Crippen molar-refractivity contribution in [1.82, 2.24) is 4.90 Å². The van der Waals surface area contributed by atoms with Gasteiger partial charge in [0.25, 0.3) is 11.7 Å². The van der Waals surface area contributed by atoms with Crippen molar-refractivity contribution in [2.45, 2.75) is 19.4 Å². The number of amides is 1. The molecular formula is C33H29NO5. The summed E-state index contributed by atoms with van der Waals surface area (Å²) in [5.41, 5.74) is 2.16. The molecule has 1 amide bonds. The van der Waals surface area contributed by atoms with Crippen LogP contribution >= 0.6 is 0 Å². The summed E-state index contributed by atoms with van der Waals surface area (Å²) in [6.45, 7) is 2.64. The van der Waals surface area contributed by atoms with Gasteiger partial charge in [-0.05, 0) is 60.9 Å². The molecule has 1 atom stereocenters. The van der Waals surface area contributed by atoms with Crippen LogP contribution in [0, 0.1) is 0 Å². The molecule has 1 fully saturated rings. The van der Waals surface area contributed by atoms with Crippen molar-refractivity contribution in [3.05, 3.63) is 131 Å². The van der Waals surface area contributed by atoms with Crippen molar-refractivity contribution in [2.24, 2.45) is 0 Å². The van der Waals surface area contributed by atoms with Gasteiger partial charge in [0.15, 0.2) is 0 Å². The Morgan fingerprint density at radius 3 is 2.21 bits per heavy atom. The van der Waals surface area contributed by atoms with E-state index in [4.69, 9.17) is 9.47 Å². The fourth-order valence-corrected chi connectivity index (χ4v) is 4.78. The number of rotatable bonds is 9. The van der Waals surface area contributed by atoms with Gasteiger partial charge in [0.2, 0.25) is 0 Å². The summed E-state index contributed by atoms with van der Waals surface area (Å²) < 4.78 is 11.6. The summed E-state index contributed by atoms with van der Waals surface area (Å²) >= 11 is 0. The number of likely N-dealkylation sites (tertiary alicyclic amines) is 1. The summed E-state index contributed by atoms with van der Waals surface area (Å²) in [5.74, 6) is 0.187. The monoisotopic (exact) mass is 519 g/mol. The number of hydrogen-bond donors (Lipinski definition) is 1. The van der Waals surface area contributed by atoms with E-state index in [1.54, 1.807) is 24.3 Å². The van der Waals surface area contributed by atoms with Gasteiger partial charge in [0.1, 0.15) is 23.0 Å². The Morgan fingerprint density at radius 1 is 0.795 bits per heavy atom. The second kappa shape index (κ2) is 11.7. The number of nitrogens with zero attached hydrogens (tertiary/aromatic N) is 1. The average Bonchev–Trinajstić information content (AvgIpc) is 3.22. The Bertz CT molecular complexity index is 1500. The van der Waals surface area contributed by atoms with Crippen LogP contribution in [0.1, 0.15) is 29.7 Å². The van der Waals surface area contributed by atoms with Gasteiger partial charge in [-0.3, -0.25) is 9.59 Å². The lowest BCUT2D eigenvalue weighted by Crippen LogP contribution is -2.31. The molecule has 0 bridgehead atoms. The predicted molar refractivity (Wildman–Crippen MR) is 150 cm³/mol. The predicted octanol–water partition coefficient (Wildman–Crippen LogP) is 6.54. The molecule has 1 aliphatic rings. The van der Waals surface area contributed by atoms with E-state index in [-0.39, 0.29) is 11.3 Å². The Kier molecular flexibility index (Phi) is 7.73. The Labute approximate surface area is 227 Å². The first-order valence-electron chi connectivity index (χ1n) is 12.9. The maximum absolute atomic E-state index is 13.4. The van der Waals surface area contributed by atoms with Crippen molar-refractivity contribution in [2.75, 3.05) is 13.2 Å². The van der Waals surface area contributed by atoms with Gasteiger partial charge in [-0.2, -0.15) is 0 Å². The SMILES string of the molecule is CCOc1cccc(C(O)=C2C(=O)C(=O)N(CCc3ccccc3)C2c2cccc(Oc3ccccc3)c2)c1. The lowest BCUT2D eigenvalue weighted by Gasteiger charge is -2.26. The lowest BCUT2D eigenvalue weighted by molar-refractivity contribution is -0.139. The zero-order valence-electron chi connectivity index (χ0n) is 21.6. The van der Waals surface area contributed by atoms with Crippen LogP contribution in [0.5, 0.6) is 17.2 Å². The van der Waals surface area contributed by atoms with Crippen molar-refractivity contribution >= 4 is 17.4 Å². The highest BCUT2D eigenvalue weighted by molar-refractivity contribution is 6.46. The van der Waals surface area contributed by atoms with Crippen LogP contribution in [0.25, 0.3) is 5.76 Å². The fourth-order valence-electron chi connectivity index (χ4n) is 4.78. The molecule has 39 heavy (non-hydrogen) atoms. The first kappa shape index (κ1) is 25.8. The zero-order chi connectivity index (χ0) is 27.2. The molecule has 6 nitrogen and oxygen atoms in total. The number of hydrogen-bond acceptors (Lipinski definition) is 5. The van der Waals surface area contributed by atoms with Crippen molar-refractivity contribution in [1.29, 1.82) is 0 Å². The number of ether oxygens (including phenoxy) is 2. The summed E-state index contributed by atoms with van der Waals surface area (Å²) in [5, 5.41) is 11.4. The Hall–Kier alpha value is -4.84. The third-order valence-corrected chi connectivity index (χ3v) is 6.60. The summed E-state index contributed by atoms with van der Waals surface area (Å²) in [6, 6.07) is 32.5. The molecule has 1 N–H and O–H groups in total. The normalized spacial score (nSPS) is 16.3. The molecule has 0 aliphatic carbocycles. The molecule has 5 rings (SSSR count). The third kappa shape index (κ3) is 5.70. The van der Waals surface area contributed by atoms with E-state index in [1.165, 1.54) is 4.90 Å². The van der Waals surface area contributed by atoms with E-state index < -0.39 is 17.7 Å². The summed E-state index contributed by atoms with van der Waals surface area (Å²) in [7, 11) is 0. The summed E-state index contributed by atoms with van der Waals surface area (Å²) in [6.07, 6.45) is 0.560. The second-order valence-corrected chi connectivity index (χ2v) is 9.18. The molecule has 0 saturated carbocycles. The number of carbonyl (C=O) groups excluding carboxylic acids is 2. The number of benzene rings is 4. The van der Waals surface area contributed by atoms with E-state index >= 15 is 0 Å². The van der Waals surface area contributed by atoms with Crippen molar-refractivity contribution in [3.8, 4) is 17.2 Å². The number of Topliss-reactive ketones (excluding diaryl/α,β-unsaturated/α-hetero) is 1. The van der Waals surface area contributed by atoms with E-state index in [9.17, 15) is 14.7 Å². The highest BCUT2D eigenvalue weighted by Gasteiger charge is 2.46. The van der Waals surface area contributed by atoms with Gasteiger partial charge in [-0.25, -0.2) is 0 Å². The standard InChI is InChI=1S/C33H29NO5/c1-2-38-27-17-10-14-25(22-27)31(35)29-30(24-13-9-18-28(21-24)39-26-15-7-4-8-16-26)34(33(37)32(29)36)20-19-23-11-5-3-6-12-23/h3-18,21-22,30,35H,2,19-20H2,1H3. The smallest absolute Gasteiger partial charge is 0.295 e.